The summed E-state index contributed by atoms with van der Waals surface area (Å²) in [7, 11) is 0. The van der Waals surface area contributed by atoms with Crippen molar-refractivity contribution in [3.8, 4) is 11.5 Å². The van der Waals surface area contributed by atoms with Gasteiger partial charge in [0.05, 0.1) is 0 Å². The summed E-state index contributed by atoms with van der Waals surface area (Å²) in [4.78, 5) is 0. The van der Waals surface area contributed by atoms with Gasteiger partial charge in [-0.25, -0.2) is 8.78 Å². The molecule has 0 bridgehead atoms. The number of halogens is 2. The smallest absolute Gasteiger partial charge is 0.129 e. The molecule has 144 valence electrons. The molecule has 0 aromatic heterocycles. The van der Waals surface area contributed by atoms with Gasteiger partial charge >= 0.3 is 0 Å². The SMILES string of the molecule is CC1C(c2ccc(O)cc2)Cc2ccc(O)cc2C1Cc1c(F)cccc1F. The second-order valence-electron chi connectivity index (χ2n) is 7.66. The Morgan fingerprint density at radius 1 is 0.893 bits per heavy atom. The number of benzene rings is 3. The quantitative estimate of drug-likeness (QED) is 0.614. The highest BCUT2D eigenvalue weighted by Crippen LogP contribution is 2.47. The van der Waals surface area contributed by atoms with Gasteiger partial charge in [0, 0.05) is 5.56 Å². The highest BCUT2D eigenvalue weighted by atomic mass is 19.1. The molecule has 0 fully saturated rings. The highest BCUT2D eigenvalue weighted by Gasteiger charge is 2.35. The Bertz CT molecular complexity index is 978. The maximum absolute atomic E-state index is 14.3. The molecule has 0 amide bonds. The summed E-state index contributed by atoms with van der Waals surface area (Å²) >= 11 is 0. The molecule has 1 aliphatic rings. The molecule has 0 radical (unpaired) electrons. The van der Waals surface area contributed by atoms with E-state index in [9.17, 15) is 19.0 Å². The zero-order chi connectivity index (χ0) is 19.8. The van der Waals surface area contributed by atoms with Gasteiger partial charge in [0.1, 0.15) is 23.1 Å². The van der Waals surface area contributed by atoms with E-state index in [2.05, 4.69) is 6.92 Å². The van der Waals surface area contributed by atoms with Crippen molar-refractivity contribution in [2.45, 2.75) is 31.6 Å². The van der Waals surface area contributed by atoms with Crippen LogP contribution in [0.5, 0.6) is 11.5 Å². The van der Waals surface area contributed by atoms with Crippen LogP contribution in [0.4, 0.5) is 8.78 Å². The summed E-state index contributed by atoms with van der Waals surface area (Å²) in [5.74, 6) is -0.603. The number of aromatic hydroxyl groups is 2. The third-order valence-corrected chi connectivity index (χ3v) is 6.05. The molecule has 3 unspecified atom stereocenters. The van der Waals surface area contributed by atoms with Crippen LogP contribution < -0.4 is 0 Å². The lowest BCUT2D eigenvalue weighted by atomic mass is 9.66. The molecule has 1 aliphatic carbocycles. The van der Waals surface area contributed by atoms with Crippen molar-refractivity contribution in [3.63, 3.8) is 0 Å². The fourth-order valence-corrected chi connectivity index (χ4v) is 4.49. The summed E-state index contributed by atoms with van der Waals surface area (Å²) < 4.78 is 28.7. The Hall–Kier alpha value is -2.88. The third kappa shape index (κ3) is 3.35. The first-order valence-electron chi connectivity index (χ1n) is 9.47. The van der Waals surface area contributed by atoms with E-state index in [1.165, 1.54) is 18.2 Å². The maximum Gasteiger partial charge on any atom is 0.129 e. The minimum atomic E-state index is -0.541. The normalized spacial score (nSPS) is 21.3. The minimum absolute atomic E-state index is 0.0833. The van der Waals surface area contributed by atoms with Crippen molar-refractivity contribution in [1.29, 1.82) is 0 Å². The number of hydrogen-bond donors (Lipinski definition) is 2. The summed E-state index contributed by atoms with van der Waals surface area (Å²) in [6.07, 6.45) is 1.00. The molecule has 3 aromatic rings. The van der Waals surface area contributed by atoms with Crippen LogP contribution in [-0.2, 0) is 12.8 Å². The molecule has 3 aromatic carbocycles. The average Bonchev–Trinajstić information content (AvgIpc) is 2.67. The molecule has 2 nitrogen and oxygen atoms in total. The van der Waals surface area contributed by atoms with E-state index in [0.717, 1.165) is 23.1 Å². The first-order valence-corrected chi connectivity index (χ1v) is 9.47. The zero-order valence-corrected chi connectivity index (χ0v) is 15.6. The fourth-order valence-electron chi connectivity index (χ4n) is 4.49. The fraction of sp³-hybridized carbons (Fsp3) is 0.250. The monoisotopic (exact) mass is 380 g/mol. The molecule has 0 aliphatic heterocycles. The van der Waals surface area contributed by atoms with Crippen molar-refractivity contribution in [1.82, 2.24) is 0 Å². The van der Waals surface area contributed by atoms with Gasteiger partial charge in [-0.2, -0.15) is 0 Å². The van der Waals surface area contributed by atoms with E-state index in [1.54, 1.807) is 24.3 Å². The molecule has 0 spiro atoms. The van der Waals surface area contributed by atoms with Crippen molar-refractivity contribution in [2.24, 2.45) is 5.92 Å². The van der Waals surface area contributed by atoms with E-state index in [-0.39, 0.29) is 41.2 Å². The molecule has 28 heavy (non-hydrogen) atoms. The van der Waals surface area contributed by atoms with Gasteiger partial charge in [-0.05, 0) is 83.7 Å². The molecule has 0 heterocycles. The van der Waals surface area contributed by atoms with Gasteiger partial charge < -0.3 is 10.2 Å². The topological polar surface area (TPSA) is 40.5 Å². The van der Waals surface area contributed by atoms with E-state index >= 15 is 0 Å². The third-order valence-electron chi connectivity index (χ3n) is 6.05. The Morgan fingerprint density at radius 3 is 2.21 bits per heavy atom. The van der Waals surface area contributed by atoms with Crippen molar-refractivity contribution >= 4 is 0 Å². The van der Waals surface area contributed by atoms with Gasteiger partial charge in [-0.15, -0.1) is 0 Å². The highest BCUT2D eigenvalue weighted by molar-refractivity contribution is 5.44. The zero-order valence-electron chi connectivity index (χ0n) is 15.6. The predicted octanol–water partition coefficient (Wildman–Crippen LogP) is 5.68. The van der Waals surface area contributed by atoms with E-state index in [4.69, 9.17) is 0 Å². The lowest BCUT2D eigenvalue weighted by molar-refractivity contribution is 0.341. The van der Waals surface area contributed by atoms with Crippen LogP contribution >= 0.6 is 0 Å². The van der Waals surface area contributed by atoms with Gasteiger partial charge in [0.2, 0.25) is 0 Å². The van der Waals surface area contributed by atoms with Crippen LogP contribution in [0.3, 0.4) is 0 Å². The van der Waals surface area contributed by atoms with Crippen molar-refractivity contribution in [2.75, 3.05) is 0 Å². The van der Waals surface area contributed by atoms with Gasteiger partial charge in [0.25, 0.3) is 0 Å². The summed E-state index contributed by atoms with van der Waals surface area (Å²) in [6, 6.07) is 16.4. The second kappa shape index (κ2) is 7.27. The Balaban J connectivity index is 1.78. The number of fused-ring (bicyclic) bond motifs is 1. The van der Waals surface area contributed by atoms with E-state index in [1.807, 2.05) is 18.2 Å². The summed E-state index contributed by atoms with van der Waals surface area (Å²) in [6.45, 7) is 2.09. The second-order valence-corrected chi connectivity index (χ2v) is 7.66. The van der Waals surface area contributed by atoms with E-state index < -0.39 is 11.6 Å². The Kier molecular flexibility index (Phi) is 4.80. The first kappa shape index (κ1) is 18.5. The molecule has 4 heteroatoms. The van der Waals surface area contributed by atoms with Crippen LogP contribution in [0, 0.1) is 17.6 Å². The van der Waals surface area contributed by atoms with Crippen LogP contribution in [0.1, 0.15) is 41.0 Å². The standard InChI is InChI=1S/C24H22F2O2/c1-14-19(15-5-8-17(27)9-6-15)11-16-7-10-18(28)12-21(16)20(14)13-22-23(25)3-2-4-24(22)26/h2-10,12,14,19-20,27-28H,11,13H2,1H3. The van der Waals surface area contributed by atoms with E-state index in [0.29, 0.717) is 0 Å². The molecular formula is C24H22F2O2. The average molecular weight is 380 g/mol. The van der Waals surface area contributed by atoms with Crippen molar-refractivity contribution < 1.29 is 19.0 Å². The first-order chi connectivity index (χ1) is 13.4. The largest absolute Gasteiger partial charge is 0.508 e. The number of phenolic OH excluding ortho intramolecular Hbond substituents is 2. The van der Waals surface area contributed by atoms with Gasteiger partial charge in [0.15, 0.2) is 0 Å². The number of rotatable bonds is 3. The molecule has 2 N–H and O–H groups in total. The maximum atomic E-state index is 14.3. The van der Waals surface area contributed by atoms with Crippen LogP contribution in [0.25, 0.3) is 0 Å². The predicted molar refractivity (Wildman–Crippen MR) is 105 cm³/mol. The number of hydrogen-bond acceptors (Lipinski definition) is 2. The molecule has 3 atom stereocenters. The van der Waals surface area contributed by atoms with Crippen LogP contribution in [-0.4, -0.2) is 10.2 Å². The summed E-state index contributed by atoms with van der Waals surface area (Å²) in [5.41, 5.74) is 3.20. The Morgan fingerprint density at radius 2 is 1.54 bits per heavy atom. The van der Waals surface area contributed by atoms with Gasteiger partial charge in [-0.1, -0.05) is 31.2 Å². The van der Waals surface area contributed by atoms with Crippen LogP contribution in [0.2, 0.25) is 0 Å². The molecule has 0 saturated heterocycles. The van der Waals surface area contributed by atoms with Crippen LogP contribution in [0.15, 0.2) is 60.7 Å². The molecule has 4 rings (SSSR count). The van der Waals surface area contributed by atoms with Gasteiger partial charge in [-0.3, -0.25) is 0 Å². The lowest BCUT2D eigenvalue weighted by Crippen LogP contribution is -2.28. The Labute approximate surface area is 163 Å². The molecule has 0 saturated carbocycles. The van der Waals surface area contributed by atoms with Crippen molar-refractivity contribution in [3.05, 3.63) is 94.6 Å². The minimum Gasteiger partial charge on any atom is -0.508 e. The lowest BCUT2D eigenvalue weighted by Gasteiger charge is -2.38. The summed E-state index contributed by atoms with van der Waals surface area (Å²) in [5, 5.41) is 19.6. The molecular weight excluding hydrogens is 358 g/mol. The number of phenols is 2.